The molecular weight excluding hydrogens is 400 g/mol. The highest BCUT2D eigenvalue weighted by molar-refractivity contribution is 5.96. The Morgan fingerprint density at radius 2 is 2.09 bits per heavy atom. The molecule has 3 aromatic rings. The average molecular weight is 433 g/mol. The number of aromatic nitrogens is 2. The van der Waals surface area contributed by atoms with Gasteiger partial charge in [-0.3, -0.25) is 0 Å². The summed E-state index contributed by atoms with van der Waals surface area (Å²) in [6.07, 6.45) is 8.25. The number of aliphatic hydroxyl groups is 1. The van der Waals surface area contributed by atoms with Crippen LogP contribution in [-0.4, -0.2) is 54.0 Å². The van der Waals surface area contributed by atoms with Gasteiger partial charge in [-0.1, -0.05) is 43.4 Å². The van der Waals surface area contributed by atoms with E-state index in [4.69, 9.17) is 4.98 Å². The van der Waals surface area contributed by atoms with Crippen LogP contribution in [0.2, 0.25) is 0 Å². The third-order valence-electron chi connectivity index (χ3n) is 6.13. The number of aryl methyl sites for hydroxylation is 1. The number of pyridine rings is 1. The molecule has 0 radical (unpaired) electrons. The average Bonchev–Trinajstić information content (AvgIpc) is 2.98. The van der Waals surface area contributed by atoms with E-state index >= 15 is 0 Å². The molecule has 0 bridgehead atoms. The molecule has 0 aliphatic heterocycles. The lowest BCUT2D eigenvalue weighted by Crippen LogP contribution is -2.27. The number of aromatic hydroxyl groups is 1. The van der Waals surface area contributed by atoms with E-state index in [1.165, 1.54) is 16.7 Å². The molecule has 2 heterocycles. The number of benzene rings is 1. The number of fused-ring (bicyclic) bond motifs is 2. The summed E-state index contributed by atoms with van der Waals surface area (Å²) in [5.74, 6) is 0.299. The van der Waals surface area contributed by atoms with Gasteiger partial charge in [-0.15, -0.1) is 0 Å². The Bertz CT molecular complexity index is 1180. The van der Waals surface area contributed by atoms with Crippen molar-refractivity contribution in [3.05, 3.63) is 70.1 Å². The van der Waals surface area contributed by atoms with Crippen molar-refractivity contribution in [1.82, 2.24) is 15.3 Å². The van der Waals surface area contributed by atoms with Gasteiger partial charge in [-0.25, -0.2) is 4.98 Å². The molecule has 0 saturated heterocycles. The summed E-state index contributed by atoms with van der Waals surface area (Å²) in [7, 11) is 3.99. The van der Waals surface area contributed by atoms with Crippen LogP contribution in [0.1, 0.15) is 35.0 Å². The van der Waals surface area contributed by atoms with Crippen molar-refractivity contribution < 1.29 is 10.2 Å². The van der Waals surface area contributed by atoms with E-state index in [0.29, 0.717) is 12.2 Å². The monoisotopic (exact) mass is 432 g/mol. The number of aromatic amines is 1. The third kappa shape index (κ3) is 4.42. The molecule has 168 valence electrons. The first-order chi connectivity index (χ1) is 15.5. The number of anilines is 1. The highest BCUT2D eigenvalue weighted by atomic mass is 16.3. The number of hydrogen-bond acceptors (Lipinski definition) is 5. The lowest BCUT2D eigenvalue weighted by Gasteiger charge is -2.21. The summed E-state index contributed by atoms with van der Waals surface area (Å²) < 4.78 is 0. The van der Waals surface area contributed by atoms with E-state index in [2.05, 4.69) is 45.5 Å². The molecule has 1 aromatic carbocycles. The zero-order valence-corrected chi connectivity index (χ0v) is 19.1. The standard InChI is InChI=1S/C26H32N4O2/c1-4-22-25(32)24-23(30(3)11-10-27-2)15-21(28-26(24)29-22)14-17-8-9-19-7-5-6-18(16-31)13-20(19)12-17/h5-9,12,15,27,31-32H,4,10-11,13-14,16H2,1-3H3,(H,28,29). The molecule has 0 spiro atoms. The van der Waals surface area contributed by atoms with Crippen LogP contribution in [0.5, 0.6) is 5.75 Å². The summed E-state index contributed by atoms with van der Waals surface area (Å²) in [5, 5.41) is 24.4. The second kappa shape index (κ2) is 9.59. The molecule has 4 N–H and O–H groups in total. The van der Waals surface area contributed by atoms with Crippen LogP contribution < -0.4 is 10.2 Å². The number of rotatable bonds is 8. The predicted octanol–water partition coefficient (Wildman–Crippen LogP) is 3.57. The largest absolute Gasteiger partial charge is 0.505 e. The van der Waals surface area contributed by atoms with Gasteiger partial charge in [0.05, 0.1) is 23.4 Å². The van der Waals surface area contributed by atoms with Gasteiger partial charge in [0, 0.05) is 32.3 Å². The number of allylic oxidation sites excluding steroid dienone is 2. The smallest absolute Gasteiger partial charge is 0.147 e. The van der Waals surface area contributed by atoms with E-state index in [-0.39, 0.29) is 6.61 Å². The van der Waals surface area contributed by atoms with Crippen LogP contribution in [0.25, 0.3) is 17.1 Å². The van der Waals surface area contributed by atoms with Crippen molar-refractivity contribution in [2.45, 2.75) is 26.2 Å². The minimum Gasteiger partial charge on any atom is -0.505 e. The Kier molecular flexibility index (Phi) is 6.63. The third-order valence-corrected chi connectivity index (χ3v) is 6.13. The van der Waals surface area contributed by atoms with Gasteiger partial charge in [-0.05, 0) is 48.2 Å². The Morgan fingerprint density at radius 1 is 1.25 bits per heavy atom. The van der Waals surface area contributed by atoms with Gasteiger partial charge in [0.1, 0.15) is 11.4 Å². The van der Waals surface area contributed by atoms with Gasteiger partial charge in [0.2, 0.25) is 0 Å². The number of hydrogen-bond donors (Lipinski definition) is 4. The number of nitrogens with one attached hydrogen (secondary N) is 2. The van der Waals surface area contributed by atoms with Crippen LogP contribution in [0.15, 0.2) is 42.0 Å². The maximum atomic E-state index is 10.8. The summed E-state index contributed by atoms with van der Waals surface area (Å²) in [5.41, 5.74) is 8.07. The molecule has 6 heteroatoms. The first-order valence-electron chi connectivity index (χ1n) is 11.2. The van der Waals surface area contributed by atoms with E-state index < -0.39 is 0 Å². The number of nitrogens with zero attached hydrogens (tertiary/aromatic N) is 2. The van der Waals surface area contributed by atoms with Crippen LogP contribution in [0, 0.1) is 0 Å². The Hall–Kier alpha value is -3.09. The first-order valence-corrected chi connectivity index (χ1v) is 11.2. The molecule has 0 fully saturated rings. The van der Waals surface area contributed by atoms with Crippen LogP contribution in [0.4, 0.5) is 5.69 Å². The second-order valence-electron chi connectivity index (χ2n) is 8.42. The molecule has 1 aliphatic rings. The molecule has 0 unspecified atom stereocenters. The molecule has 6 nitrogen and oxygen atoms in total. The predicted molar refractivity (Wildman–Crippen MR) is 131 cm³/mol. The maximum absolute atomic E-state index is 10.8. The molecule has 2 aromatic heterocycles. The van der Waals surface area contributed by atoms with E-state index in [1.54, 1.807) is 0 Å². The molecule has 1 aliphatic carbocycles. The van der Waals surface area contributed by atoms with Crippen molar-refractivity contribution in [3.63, 3.8) is 0 Å². The second-order valence-corrected chi connectivity index (χ2v) is 8.42. The highest BCUT2D eigenvalue weighted by Crippen LogP contribution is 2.36. The fraction of sp³-hybridized carbons (Fsp3) is 0.346. The molecular formula is C26H32N4O2. The van der Waals surface area contributed by atoms with Crippen LogP contribution in [-0.2, 0) is 19.3 Å². The number of H-pyrrole nitrogens is 1. The summed E-state index contributed by atoms with van der Waals surface area (Å²) in [4.78, 5) is 10.3. The van der Waals surface area contributed by atoms with Crippen molar-refractivity contribution in [2.75, 3.05) is 38.7 Å². The van der Waals surface area contributed by atoms with E-state index in [9.17, 15) is 10.2 Å². The lowest BCUT2D eigenvalue weighted by molar-refractivity contribution is 0.328. The lowest BCUT2D eigenvalue weighted by atomic mass is 9.97. The van der Waals surface area contributed by atoms with Crippen molar-refractivity contribution >= 4 is 22.8 Å². The molecule has 32 heavy (non-hydrogen) atoms. The Balaban J connectivity index is 1.71. The minimum absolute atomic E-state index is 0.0740. The van der Waals surface area contributed by atoms with Crippen molar-refractivity contribution in [2.24, 2.45) is 0 Å². The molecule has 0 amide bonds. The first kappa shape index (κ1) is 22.1. The zero-order chi connectivity index (χ0) is 22.7. The van der Waals surface area contributed by atoms with E-state index in [1.807, 2.05) is 33.2 Å². The molecule has 4 rings (SSSR count). The Morgan fingerprint density at radius 3 is 2.84 bits per heavy atom. The normalized spacial score (nSPS) is 13.2. The number of likely N-dealkylation sites (N-methyl/N-ethyl adjacent to an activating group) is 2. The van der Waals surface area contributed by atoms with Crippen LogP contribution >= 0.6 is 0 Å². The minimum atomic E-state index is 0.0740. The molecule has 0 saturated carbocycles. The van der Waals surface area contributed by atoms with Crippen molar-refractivity contribution in [3.8, 4) is 5.75 Å². The summed E-state index contributed by atoms with van der Waals surface area (Å²) in [6.45, 7) is 3.77. The summed E-state index contributed by atoms with van der Waals surface area (Å²) in [6, 6.07) is 8.60. The van der Waals surface area contributed by atoms with Crippen molar-refractivity contribution in [1.29, 1.82) is 0 Å². The van der Waals surface area contributed by atoms with Gasteiger partial charge >= 0.3 is 0 Å². The fourth-order valence-corrected chi connectivity index (χ4v) is 4.30. The molecule has 0 atom stereocenters. The van der Waals surface area contributed by atoms with Gasteiger partial charge in [-0.2, -0.15) is 0 Å². The summed E-state index contributed by atoms with van der Waals surface area (Å²) >= 11 is 0. The van der Waals surface area contributed by atoms with Crippen LogP contribution in [0.3, 0.4) is 0 Å². The van der Waals surface area contributed by atoms with E-state index in [0.717, 1.165) is 59.6 Å². The fourth-order valence-electron chi connectivity index (χ4n) is 4.30. The quantitative estimate of drug-likeness (QED) is 0.437. The Labute approximate surface area is 189 Å². The number of aliphatic hydroxyl groups excluding tert-OH is 1. The van der Waals surface area contributed by atoms with Gasteiger partial charge in [0.25, 0.3) is 0 Å². The zero-order valence-electron chi connectivity index (χ0n) is 19.1. The maximum Gasteiger partial charge on any atom is 0.147 e. The van der Waals surface area contributed by atoms with Gasteiger partial charge in [0.15, 0.2) is 0 Å². The van der Waals surface area contributed by atoms with Gasteiger partial charge < -0.3 is 25.4 Å². The highest BCUT2D eigenvalue weighted by Gasteiger charge is 2.18. The SMILES string of the molecule is CCc1[nH]c2nc(Cc3ccc4c(c3)CC(CO)=CC=C4)cc(N(C)CCNC)c2c1O. The topological polar surface area (TPSA) is 84.4 Å².